The number of amides is 2. The van der Waals surface area contributed by atoms with Gasteiger partial charge in [-0.05, 0) is 51.7 Å². The van der Waals surface area contributed by atoms with Crippen LogP contribution in [0.3, 0.4) is 0 Å². The highest BCUT2D eigenvalue weighted by atomic mass is 35.5. The number of ether oxygens (including phenoxy) is 1. The second kappa shape index (κ2) is 7.68. The van der Waals surface area contributed by atoms with Gasteiger partial charge in [0.15, 0.2) is 0 Å². The van der Waals surface area contributed by atoms with Crippen molar-refractivity contribution < 1.29 is 14.3 Å². The first-order chi connectivity index (χ1) is 12.7. The van der Waals surface area contributed by atoms with Gasteiger partial charge < -0.3 is 20.3 Å². The molecule has 148 valence electrons. The van der Waals surface area contributed by atoms with Crippen LogP contribution in [0.1, 0.15) is 39.2 Å². The number of carbonyl (C=O) groups excluding carboxylic acids is 2. The van der Waals surface area contributed by atoms with E-state index in [-0.39, 0.29) is 17.5 Å². The van der Waals surface area contributed by atoms with Crippen molar-refractivity contribution in [3.63, 3.8) is 0 Å². The molecule has 0 radical (unpaired) electrons. The normalized spacial score (nSPS) is 21.5. The zero-order valence-corrected chi connectivity index (χ0v) is 16.9. The number of nitrogens with zero attached hydrogens (tertiary/aromatic N) is 1. The van der Waals surface area contributed by atoms with E-state index < -0.39 is 11.6 Å². The van der Waals surface area contributed by atoms with Crippen molar-refractivity contribution in [2.24, 2.45) is 0 Å². The van der Waals surface area contributed by atoms with Gasteiger partial charge in [-0.2, -0.15) is 0 Å². The molecule has 1 aliphatic heterocycles. The van der Waals surface area contributed by atoms with Crippen LogP contribution in [-0.4, -0.2) is 53.7 Å². The molecule has 0 aromatic heterocycles. The molecule has 1 atom stereocenters. The monoisotopic (exact) mass is 393 g/mol. The zero-order chi connectivity index (χ0) is 19.7. The number of hydrogen-bond donors (Lipinski definition) is 2. The first-order valence-electron chi connectivity index (χ1n) is 9.44. The van der Waals surface area contributed by atoms with Crippen molar-refractivity contribution >= 4 is 23.6 Å². The van der Waals surface area contributed by atoms with Gasteiger partial charge in [0, 0.05) is 30.2 Å². The Morgan fingerprint density at radius 3 is 2.67 bits per heavy atom. The van der Waals surface area contributed by atoms with Gasteiger partial charge in [-0.3, -0.25) is 4.79 Å². The molecule has 1 heterocycles. The van der Waals surface area contributed by atoms with Gasteiger partial charge in [-0.15, -0.1) is 0 Å². The summed E-state index contributed by atoms with van der Waals surface area (Å²) in [5.41, 5.74) is 0.272. The summed E-state index contributed by atoms with van der Waals surface area (Å²) in [5.74, 6) is -0.0761. The molecule has 6 nitrogen and oxygen atoms in total. The van der Waals surface area contributed by atoms with E-state index in [1.54, 1.807) is 4.90 Å². The van der Waals surface area contributed by atoms with Gasteiger partial charge in [-0.25, -0.2) is 4.79 Å². The van der Waals surface area contributed by atoms with E-state index in [1.165, 1.54) is 0 Å². The summed E-state index contributed by atoms with van der Waals surface area (Å²) in [4.78, 5) is 26.7. The van der Waals surface area contributed by atoms with Crippen LogP contribution in [-0.2, 0) is 16.0 Å². The van der Waals surface area contributed by atoms with Gasteiger partial charge in [0.05, 0.1) is 0 Å². The molecule has 2 fully saturated rings. The summed E-state index contributed by atoms with van der Waals surface area (Å²) < 4.78 is 5.42. The fourth-order valence-corrected chi connectivity index (χ4v) is 3.47. The standard InChI is InChI=1S/C20H28ClN3O3/c1-19(2,3)27-18(26)24-11-10-22-16(13-24)17(25)23-20(8-9-20)12-14-6-4-5-7-15(14)21/h4-7,16,22H,8-13H2,1-3H3,(H,23,25). The zero-order valence-electron chi connectivity index (χ0n) is 16.2. The van der Waals surface area contributed by atoms with Gasteiger partial charge in [0.1, 0.15) is 11.6 Å². The van der Waals surface area contributed by atoms with E-state index in [4.69, 9.17) is 16.3 Å². The lowest BCUT2D eigenvalue weighted by molar-refractivity contribution is -0.125. The van der Waals surface area contributed by atoms with Crippen LogP contribution >= 0.6 is 11.6 Å². The molecule has 0 bridgehead atoms. The molecule has 2 aliphatic rings. The van der Waals surface area contributed by atoms with Crippen LogP contribution in [0.25, 0.3) is 0 Å². The Balaban J connectivity index is 1.57. The SMILES string of the molecule is CC(C)(C)OC(=O)N1CCNC(C(=O)NC2(Cc3ccccc3Cl)CC2)C1. The van der Waals surface area contributed by atoms with Gasteiger partial charge in [0.2, 0.25) is 5.91 Å². The first kappa shape index (κ1) is 20.0. The Hall–Kier alpha value is -1.79. The Labute approximate surface area is 165 Å². The molecule has 2 amide bonds. The van der Waals surface area contributed by atoms with Crippen LogP contribution in [0.4, 0.5) is 4.79 Å². The number of rotatable bonds is 4. The number of piperazine rings is 1. The number of halogens is 1. The Kier molecular flexibility index (Phi) is 5.68. The van der Waals surface area contributed by atoms with Crippen LogP contribution < -0.4 is 10.6 Å². The largest absolute Gasteiger partial charge is 0.444 e. The summed E-state index contributed by atoms with van der Waals surface area (Å²) in [7, 11) is 0. The average Bonchev–Trinajstić information content (AvgIpc) is 3.35. The molecule has 1 aromatic rings. The van der Waals surface area contributed by atoms with Crippen molar-refractivity contribution in [2.45, 2.75) is 57.2 Å². The second-order valence-corrected chi connectivity index (χ2v) is 8.88. The van der Waals surface area contributed by atoms with Crippen LogP contribution in [0.15, 0.2) is 24.3 Å². The maximum absolute atomic E-state index is 12.8. The van der Waals surface area contributed by atoms with Crippen molar-refractivity contribution in [1.82, 2.24) is 15.5 Å². The number of benzene rings is 1. The van der Waals surface area contributed by atoms with Crippen LogP contribution in [0.2, 0.25) is 5.02 Å². The lowest BCUT2D eigenvalue weighted by Gasteiger charge is -2.35. The Morgan fingerprint density at radius 1 is 1.33 bits per heavy atom. The highest BCUT2D eigenvalue weighted by Gasteiger charge is 2.45. The molecule has 3 rings (SSSR count). The summed E-state index contributed by atoms with van der Waals surface area (Å²) in [6.45, 7) is 6.91. The molecule has 1 aliphatic carbocycles. The average molecular weight is 394 g/mol. The molecule has 1 aromatic carbocycles. The quantitative estimate of drug-likeness (QED) is 0.825. The van der Waals surface area contributed by atoms with E-state index in [0.717, 1.165) is 29.8 Å². The van der Waals surface area contributed by atoms with Crippen LogP contribution in [0, 0.1) is 0 Å². The third kappa shape index (κ3) is 5.36. The van der Waals surface area contributed by atoms with E-state index in [2.05, 4.69) is 10.6 Å². The Bertz CT molecular complexity index is 713. The highest BCUT2D eigenvalue weighted by molar-refractivity contribution is 6.31. The molecule has 2 N–H and O–H groups in total. The van der Waals surface area contributed by atoms with Crippen molar-refractivity contribution in [1.29, 1.82) is 0 Å². The lowest BCUT2D eigenvalue weighted by Crippen LogP contribution is -2.60. The highest BCUT2D eigenvalue weighted by Crippen LogP contribution is 2.40. The molecule has 0 spiro atoms. The predicted molar refractivity (Wildman–Crippen MR) is 105 cm³/mol. The van der Waals surface area contributed by atoms with Gasteiger partial charge >= 0.3 is 6.09 Å². The topological polar surface area (TPSA) is 70.7 Å². The van der Waals surface area contributed by atoms with E-state index in [0.29, 0.717) is 19.6 Å². The summed E-state index contributed by atoms with van der Waals surface area (Å²) >= 11 is 6.27. The van der Waals surface area contributed by atoms with Gasteiger partial charge in [0.25, 0.3) is 0 Å². The number of hydrogen-bond acceptors (Lipinski definition) is 4. The van der Waals surface area contributed by atoms with Gasteiger partial charge in [-0.1, -0.05) is 29.8 Å². The Morgan fingerprint density at radius 2 is 2.04 bits per heavy atom. The maximum Gasteiger partial charge on any atom is 0.410 e. The third-order valence-electron chi connectivity index (χ3n) is 4.87. The van der Waals surface area contributed by atoms with E-state index in [1.807, 2.05) is 45.0 Å². The number of nitrogens with one attached hydrogen (secondary N) is 2. The van der Waals surface area contributed by atoms with Crippen molar-refractivity contribution in [3.05, 3.63) is 34.9 Å². The molecule has 1 saturated carbocycles. The smallest absolute Gasteiger partial charge is 0.410 e. The first-order valence-corrected chi connectivity index (χ1v) is 9.82. The fraction of sp³-hybridized carbons (Fsp3) is 0.600. The minimum Gasteiger partial charge on any atom is -0.444 e. The molecule has 7 heteroatoms. The minimum absolute atomic E-state index is 0.0761. The summed E-state index contributed by atoms with van der Waals surface area (Å²) in [5, 5.41) is 7.11. The predicted octanol–water partition coefficient (Wildman–Crippen LogP) is 2.74. The molecule has 27 heavy (non-hydrogen) atoms. The van der Waals surface area contributed by atoms with E-state index in [9.17, 15) is 9.59 Å². The summed E-state index contributed by atoms with van der Waals surface area (Å²) in [6.07, 6.45) is 2.22. The van der Waals surface area contributed by atoms with Crippen molar-refractivity contribution in [3.8, 4) is 0 Å². The van der Waals surface area contributed by atoms with E-state index >= 15 is 0 Å². The number of carbonyl (C=O) groups is 2. The maximum atomic E-state index is 12.8. The minimum atomic E-state index is -0.549. The summed E-state index contributed by atoms with van der Waals surface area (Å²) in [6, 6.07) is 7.30. The molecule has 1 unspecified atom stereocenters. The van der Waals surface area contributed by atoms with Crippen LogP contribution in [0.5, 0.6) is 0 Å². The molecular formula is C20H28ClN3O3. The fourth-order valence-electron chi connectivity index (χ4n) is 3.27. The lowest BCUT2D eigenvalue weighted by atomic mass is 10.0. The molecular weight excluding hydrogens is 366 g/mol. The third-order valence-corrected chi connectivity index (χ3v) is 5.24. The second-order valence-electron chi connectivity index (χ2n) is 8.47. The molecule has 1 saturated heterocycles. The van der Waals surface area contributed by atoms with Crippen molar-refractivity contribution in [2.75, 3.05) is 19.6 Å².